The van der Waals surface area contributed by atoms with Crippen molar-refractivity contribution < 1.29 is 24.3 Å². The molecule has 4 fully saturated rings. The lowest BCUT2D eigenvalue weighted by Gasteiger charge is -2.51. The lowest BCUT2D eigenvalue weighted by molar-refractivity contribution is -0.153. The molecular weight excluding hydrogens is 793 g/mol. The summed E-state index contributed by atoms with van der Waals surface area (Å²) in [6.07, 6.45) is 9.57. The van der Waals surface area contributed by atoms with Gasteiger partial charge in [0.2, 0.25) is 11.8 Å². The highest BCUT2D eigenvalue weighted by Gasteiger charge is 2.44. The maximum atomic E-state index is 12.4. The molecule has 0 radical (unpaired) electrons. The van der Waals surface area contributed by atoms with Crippen LogP contribution in [-0.2, 0) is 19.2 Å². The molecule has 5 aromatic rings. The molecule has 1 unspecified atom stereocenters. The van der Waals surface area contributed by atoms with Gasteiger partial charge in [-0.1, -0.05) is 63.2 Å². The minimum absolute atomic E-state index is 0.168. The van der Waals surface area contributed by atoms with Gasteiger partial charge in [-0.3, -0.25) is 14.9 Å². The number of carboxylic acids is 1. The Morgan fingerprint density at radius 2 is 1.63 bits per heavy atom. The van der Waals surface area contributed by atoms with Crippen molar-refractivity contribution in [3.8, 4) is 11.3 Å². The molecule has 2 amide bonds. The van der Waals surface area contributed by atoms with Crippen LogP contribution in [0, 0.1) is 17.8 Å². The number of likely N-dealkylation sites (tertiary alicyclic amines) is 1. The van der Waals surface area contributed by atoms with Crippen LogP contribution in [-0.4, -0.2) is 92.1 Å². The Balaban J connectivity index is 0.761. The molecule has 328 valence electrons. The lowest BCUT2D eigenvalue weighted by atomic mass is 9.69. The first kappa shape index (κ1) is 41.4. The molecule has 2 aromatic heterocycles. The summed E-state index contributed by atoms with van der Waals surface area (Å²) in [5.41, 5.74) is 9.50. The van der Waals surface area contributed by atoms with Crippen molar-refractivity contribution in [3.63, 3.8) is 0 Å². The molecule has 6 heterocycles. The van der Waals surface area contributed by atoms with Crippen molar-refractivity contribution in [1.82, 2.24) is 30.2 Å². The lowest BCUT2D eigenvalue weighted by Crippen LogP contribution is -2.52. The number of hydroxylamine groups is 2. The van der Waals surface area contributed by atoms with Crippen molar-refractivity contribution in [2.75, 3.05) is 31.1 Å². The van der Waals surface area contributed by atoms with Gasteiger partial charge in [-0.2, -0.15) is 0 Å². The Hall–Kier alpha value is -5.66. The molecule has 3 atom stereocenters. The number of H-pyrrole nitrogens is 1. The summed E-state index contributed by atoms with van der Waals surface area (Å²) >= 11 is 0. The van der Waals surface area contributed by atoms with Crippen molar-refractivity contribution in [1.29, 1.82) is 0 Å². The number of aryl methyl sites for hydroxylation is 1. The SMILES string of the molecule is Cc1cc(-c2ncnc3[nH]c4cc(N5CCC6(CC5)CCN(C5CC(c7ccc([C@H]8CCC(=O)NC8=O)cc7)C5)CC6)ccc4c23)ccc1[C@@H](C)N1OC(C(=O)O)=NC1C(C)(C)C. The number of carboxylic acid groups (broad SMARTS) is 1. The highest BCUT2D eigenvalue weighted by atomic mass is 16.7. The molecule has 4 aliphatic heterocycles. The number of rotatable bonds is 8. The summed E-state index contributed by atoms with van der Waals surface area (Å²) in [6, 6.07) is 22.1. The van der Waals surface area contributed by atoms with Crippen LogP contribution in [0.3, 0.4) is 0 Å². The quantitative estimate of drug-likeness (QED) is 0.130. The topological polar surface area (TPSA) is 156 Å². The number of piperidine rings is 3. The van der Waals surface area contributed by atoms with Crippen LogP contribution in [0.1, 0.15) is 119 Å². The normalized spacial score (nSPS) is 24.9. The van der Waals surface area contributed by atoms with Gasteiger partial charge in [-0.05, 0) is 124 Å². The Bertz CT molecular complexity index is 2620. The number of hydrogen-bond donors (Lipinski definition) is 3. The van der Waals surface area contributed by atoms with E-state index in [-0.39, 0.29) is 35.1 Å². The molecule has 3 saturated heterocycles. The monoisotopic (exact) mass is 850 g/mol. The molecule has 13 heteroatoms. The van der Waals surface area contributed by atoms with Gasteiger partial charge in [-0.15, -0.1) is 5.06 Å². The Kier molecular flexibility index (Phi) is 10.4. The van der Waals surface area contributed by atoms with Crippen LogP contribution < -0.4 is 10.2 Å². The van der Waals surface area contributed by atoms with Gasteiger partial charge in [0.1, 0.15) is 18.1 Å². The van der Waals surface area contributed by atoms with Gasteiger partial charge in [0.25, 0.3) is 0 Å². The third kappa shape index (κ3) is 7.66. The minimum atomic E-state index is -1.17. The number of carbonyl (C=O) groups is 3. The molecule has 3 N–H and O–H groups in total. The highest BCUT2D eigenvalue weighted by molar-refractivity contribution is 6.31. The van der Waals surface area contributed by atoms with Crippen LogP contribution in [0.4, 0.5) is 5.69 Å². The second-order valence-electron chi connectivity index (χ2n) is 20.0. The number of aliphatic carboxylic acids is 1. The average Bonchev–Trinajstić information content (AvgIpc) is 3.88. The van der Waals surface area contributed by atoms with E-state index in [2.05, 4.69) is 97.7 Å². The molecule has 1 spiro atoms. The molecule has 3 aromatic carbocycles. The molecule has 1 saturated carbocycles. The summed E-state index contributed by atoms with van der Waals surface area (Å²) in [5, 5.41) is 15.9. The second kappa shape index (κ2) is 15.8. The highest BCUT2D eigenvalue weighted by Crippen LogP contribution is 2.47. The van der Waals surface area contributed by atoms with Crippen molar-refractivity contribution in [3.05, 3.63) is 89.2 Å². The number of benzene rings is 3. The van der Waals surface area contributed by atoms with Crippen LogP contribution >= 0.6 is 0 Å². The summed E-state index contributed by atoms with van der Waals surface area (Å²) in [6.45, 7) is 14.7. The van der Waals surface area contributed by atoms with E-state index in [1.165, 1.54) is 62.9 Å². The molecule has 5 aliphatic rings. The van der Waals surface area contributed by atoms with E-state index in [1.807, 2.05) is 27.7 Å². The number of nitrogens with zero attached hydrogens (tertiary/aromatic N) is 6. The summed E-state index contributed by atoms with van der Waals surface area (Å²) in [7, 11) is 0. The number of aromatic amines is 1. The van der Waals surface area contributed by atoms with Gasteiger partial charge in [0.05, 0.1) is 23.0 Å². The van der Waals surface area contributed by atoms with Crippen molar-refractivity contribution in [2.45, 2.75) is 116 Å². The van der Waals surface area contributed by atoms with Gasteiger partial charge in [-0.25, -0.2) is 19.8 Å². The molecular formula is C50H58N8O5. The second-order valence-corrected chi connectivity index (χ2v) is 20.0. The number of amides is 2. The minimum Gasteiger partial charge on any atom is -0.474 e. The van der Waals surface area contributed by atoms with E-state index in [0.717, 1.165) is 63.0 Å². The number of fused-ring (bicyclic) bond motifs is 3. The van der Waals surface area contributed by atoms with Crippen LogP contribution in [0.15, 0.2) is 72.0 Å². The van der Waals surface area contributed by atoms with Gasteiger partial charge in [0.15, 0.2) is 0 Å². The van der Waals surface area contributed by atoms with Gasteiger partial charge < -0.3 is 24.7 Å². The molecule has 63 heavy (non-hydrogen) atoms. The number of aliphatic imine (C=N–C) groups is 1. The van der Waals surface area contributed by atoms with Crippen LogP contribution in [0.2, 0.25) is 0 Å². The predicted molar refractivity (Wildman–Crippen MR) is 243 cm³/mol. The number of imide groups is 1. The molecule has 0 bridgehead atoms. The van der Waals surface area contributed by atoms with E-state index in [0.29, 0.717) is 30.2 Å². The fraction of sp³-hybridized carbons (Fsp3) is 0.480. The Morgan fingerprint density at radius 1 is 0.921 bits per heavy atom. The van der Waals surface area contributed by atoms with Crippen molar-refractivity contribution >= 4 is 51.3 Å². The summed E-state index contributed by atoms with van der Waals surface area (Å²) in [4.78, 5) is 64.3. The molecule has 13 nitrogen and oxygen atoms in total. The number of carbonyl (C=O) groups excluding carboxylic acids is 2. The average molecular weight is 851 g/mol. The van der Waals surface area contributed by atoms with Gasteiger partial charge in [0, 0.05) is 53.1 Å². The number of nitrogens with one attached hydrogen (secondary N) is 2. The van der Waals surface area contributed by atoms with Crippen LogP contribution in [0.5, 0.6) is 0 Å². The third-order valence-corrected chi connectivity index (χ3v) is 15.1. The number of anilines is 1. The molecule has 1 aliphatic carbocycles. The fourth-order valence-corrected chi connectivity index (χ4v) is 11.1. The number of aromatic nitrogens is 3. The van der Waals surface area contributed by atoms with E-state index in [4.69, 9.17) is 9.82 Å². The zero-order valence-corrected chi connectivity index (χ0v) is 37.0. The smallest absolute Gasteiger partial charge is 0.393 e. The fourth-order valence-electron chi connectivity index (χ4n) is 11.1. The Labute approximate surface area is 368 Å². The first-order chi connectivity index (χ1) is 30.2. The summed E-state index contributed by atoms with van der Waals surface area (Å²) < 4.78 is 0. The Morgan fingerprint density at radius 3 is 2.32 bits per heavy atom. The molecule has 10 rings (SSSR count). The standard InChI is InChI=1S/C50H58N8O5/c1-29-24-33(10-12-37(29)30(2)58-48(49(3,4)5)55-46(63-58)47(61)62)43-42-39-13-11-35(27-40(39)53-44(42)52-28-51-43)56-20-16-50(17-21-56)18-22-57(23-19-50)36-25-34(26-36)31-6-8-32(9-7-31)38-14-15-41(59)54-45(38)60/h6-13,24,27-28,30,34,36,38,48H,14-23,25-26H2,1-5H3,(H,61,62)(H,51,52,53)(H,54,59,60)/t30-,34?,36?,38-,48?/m1/s1. The van der Waals surface area contributed by atoms with Crippen molar-refractivity contribution in [2.24, 2.45) is 15.8 Å². The summed E-state index contributed by atoms with van der Waals surface area (Å²) in [5.74, 6) is -1.43. The zero-order valence-electron chi connectivity index (χ0n) is 37.0. The maximum absolute atomic E-state index is 12.4. The third-order valence-electron chi connectivity index (χ3n) is 15.1. The first-order valence-electron chi connectivity index (χ1n) is 22.8. The largest absolute Gasteiger partial charge is 0.474 e. The van der Waals surface area contributed by atoms with E-state index >= 15 is 0 Å². The van der Waals surface area contributed by atoms with E-state index in [9.17, 15) is 19.5 Å². The van der Waals surface area contributed by atoms with E-state index < -0.39 is 12.1 Å². The first-order valence-corrected chi connectivity index (χ1v) is 22.8. The predicted octanol–water partition coefficient (Wildman–Crippen LogP) is 8.40. The zero-order chi connectivity index (χ0) is 43.8. The number of hydrogen-bond acceptors (Lipinski definition) is 10. The van der Waals surface area contributed by atoms with Gasteiger partial charge >= 0.3 is 11.9 Å². The van der Waals surface area contributed by atoms with E-state index in [1.54, 1.807) is 11.4 Å². The van der Waals surface area contributed by atoms with Crippen LogP contribution in [0.25, 0.3) is 33.2 Å². The maximum Gasteiger partial charge on any atom is 0.393 e.